The maximum absolute atomic E-state index is 10.8. The average molecular weight is 488 g/mol. The molecule has 2 aliphatic heterocycles. The average Bonchev–Trinajstić information content (AvgIpc) is 3.71. The number of aromatic hydroxyl groups is 1. The fourth-order valence-corrected chi connectivity index (χ4v) is 6.03. The first-order valence-corrected chi connectivity index (χ1v) is 13.4. The van der Waals surface area contributed by atoms with E-state index in [1.807, 2.05) is 23.1 Å². The van der Waals surface area contributed by atoms with Gasteiger partial charge >= 0.3 is 0 Å². The fourth-order valence-electron chi connectivity index (χ4n) is 6.03. The number of fused-ring (bicyclic) bond motifs is 1. The monoisotopic (exact) mass is 487 g/mol. The van der Waals surface area contributed by atoms with Crippen LogP contribution in [0, 0.1) is 0 Å². The van der Waals surface area contributed by atoms with Crippen molar-refractivity contribution >= 4 is 16.9 Å². The molecule has 3 aromatic rings. The number of para-hydroxylation sites is 1. The van der Waals surface area contributed by atoms with Gasteiger partial charge in [-0.3, -0.25) is 4.79 Å². The van der Waals surface area contributed by atoms with E-state index in [1.165, 1.54) is 63.3 Å². The summed E-state index contributed by atoms with van der Waals surface area (Å²) < 4.78 is 0. The van der Waals surface area contributed by atoms with Gasteiger partial charge in [0.1, 0.15) is 5.75 Å². The first kappa shape index (κ1) is 24.5. The summed E-state index contributed by atoms with van der Waals surface area (Å²) in [5, 5.41) is 20.0. The molecule has 1 amide bonds. The minimum atomic E-state index is 0.0764. The molecule has 0 unspecified atom stereocenters. The third-order valence-corrected chi connectivity index (χ3v) is 8.04. The molecule has 190 valence electrons. The Morgan fingerprint density at radius 3 is 2.39 bits per heavy atom. The quantitative estimate of drug-likeness (QED) is 0.491. The highest BCUT2D eigenvalue weighted by atomic mass is 16.3. The molecule has 6 rings (SSSR count). The van der Waals surface area contributed by atoms with Gasteiger partial charge in [-0.15, -0.1) is 10.2 Å². The van der Waals surface area contributed by atoms with Crippen molar-refractivity contribution in [3.05, 3.63) is 54.7 Å². The van der Waals surface area contributed by atoms with Crippen LogP contribution in [0.1, 0.15) is 62.8 Å². The van der Waals surface area contributed by atoms with E-state index in [1.54, 1.807) is 6.07 Å². The summed E-state index contributed by atoms with van der Waals surface area (Å²) in [6.45, 7) is 7.84. The van der Waals surface area contributed by atoms with E-state index in [0.29, 0.717) is 5.92 Å². The van der Waals surface area contributed by atoms with E-state index in [9.17, 15) is 9.90 Å². The van der Waals surface area contributed by atoms with Gasteiger partial charge in [0.25, 0.3) is 0 Å². The lowest BCUT2D eigenvalue weighted by atomic mass is 9.81. The number of aromatic amines is 1. The Hall–Kier alpha value is -3.19. The van der Waals surface area contributed by atoms with Crippen LogP contribution in [0.3, 0.4) is 0 Å². The van der Waals surface area contributed by atoms with Gasteiger partial charge in [-0.25, -0.2) is 0 Å². The standard InChI is InChI=1S/C22H26N4O.C7H11NO/c27-21-6-2-1-5-17(21)20-13-18-19(14-23-22(18)25-24-20)15-7-9-16(10-8-15)26-11-3-4-12-26;1-2-7(9)8-5-3-4-6-8/h1-2,5-6,13-16,27H,3-4,7-12H2,(H,23,25);2H,1,3-6H2. The molecule has 3 fully saturated rings. The number of hydrogen-bond acceptors (Lipinski definition) is 5. The number of amides is 1. The van der Waals surface area contributed by atoms with E-state index < -0.39 is 0 Å². The van der Waals surface area contributed by atoms with E-state index >= 15 is 0 Å². The summed E-state index contributed by atoms with van der Waals surface area (Å²) in [7, 11) is 0. The molecule has 0 radical (unpaired) electrons. The summed E-state index contributed by atoms with van der Waals surface area (Å²) in [5.41, 5.74) is 3.66. The van der Waals surface area contributed by atoms with Gasteiger partial charge < -0.3 is 19.9 Å². The van der Waals surface area contributed by atoms with Gasteiger partial charge in [-0.1, -0.05) is 18.7 Å². The lowest BCUT2D eigenvalue weighted by molar-refractivity contribution is -0.124. The summed E-state index contributed by atoms with van der Waals surface area (Å²) in [4.78, 5) is 18.6. The van der Waals surface area contributed by atoms with E-state index in [-0.39, 0.29) is 11.7 Å². The zero-order valence-corrected chi connectivity index (χ0v) is 21.0. The SMILES string of the molecule is C=CC(=O)N1CCCC1.Oc1ccccc1-c1cc2c(C3CCC(N4CCCC4)CC3)c[nH]c2nn1. The van der Waals surface area contributed by atoms with Crippen LogP contribution in [0.25, 0.3) is 22.3 Å². The molecule has 2 N–H and O–H groups in total. The maximum Gasteiger partial charge on any atom is 0.245 e. The van der Waals surface area contributed by atoms with Crippen molar-refractivity contribution in [2.45, 2.75) is 63.3 Å². The molecule has 1 aromatic carbocycles. The van der Waals surface area contributed by atoms with Gasteiger partial charge in [-0.05, 0) is 100 Å². The van der Waals surface area contributed by atoms with Crippen molar-refractivity contribution in [3.63, 3.8) is 0 Å². The predicted molar refractivity (Wildman–Crippen MR) is 143 cm³/mol. The molecule has 1 aliphatic carbocycles. The number of carbonyl (C=O) groups excluding carboxylic acids is 1. The molecule has 1 saturated carbocycles. The topological polar surface area (TPSA) is 85.4 Å². The highest BCUT2D eigenvalue weighted by molar-refractivity contribution is 5.87. The van der Waals surface area contributed by atoms with Crippen molar-refractivity contribution in [1.82, 2.24) is 25.0 Å². The Morgan fingerprint density at radius 2 is 1.69 bits per heavy atom. The number of hydrogen-bond donors (Lipinski definition) is 2. The number of nitrogens with zero attached hydrogens (tertiary/aromatic N) is 4. The van der Waals surface area contributed by atoms with Crippen LogP contribution in [-0.2, 0) is 4.79 Å². The summed E-state index contributed by atoms with van der Waals surface area (Å²) in [6.07, 6.45) is 13.6. The molecule has 0 bridgehead atoms. The molecule has 7 heteroatoms. The fraction of sp³-hybridized carbons (Fsp3) is 0.483. The van der Waals surface area contributed by atoms with Crippen LogP contribution >= 0.6 is 0 Å². The zero-order valence-electron chi connectivity index (χ0n) is 21.0. The molecule has 0 atom stereocenters. The molecular weight excluding hydrogens is 450 g/mol. The molecule has 36 heavy (non-hydrogen) atoms. The van der Waals surface area contributed by atoms with Crippen LogP contribution in [-0.4, -0.2) is 68.2 Å². The minimum Gasteiger partial charge on any atom is -0.507 e. The number of benzene rings is 1. The smallest absolute Gasteiger partial charge is 0.245 e. The lowest BCUT2D eigenvalue weighted by Crippen LogP contribution is -2.35. The molecule has 0 spiro atoms. The van der Waals surface area contributed by atoms with Crippen molar-refractivity contribution in [1.29, 1.82) is 0 Å². The maximum atomic E-state index is 10.8. The Labute approximate surface area is 213 Å². The lowest BCUT2D eigenvalue weighted by Gasteiger charge is -2.34. The van der Waals surface area contributed by atoms with Crippen LogP contribution in [0.2, 0.25) is 0 Å². The Balaban J connectivity index is 0.000000252. The Kier molecular flexibility index (Phi) is 7.66. The van der Waals surface area contributed by atoms with Crippen LogP contribution in [0.5, 0.6) is 5.75 Å². The minimum absolute atomic E-state index is 0.0764. The number of aromatic nitrogens is 3. The molecule has 2 saturated heterocycles. The van der Waals surface area contributed by atoms with E-state index in [2.05, 4.69) is 38.9 Å². The second-order valence-corrected chi connectivity index (χ2v) is 10.2. The number of carbonyl (C=O) groups is 1. The first-order valence-electron chi connectivity index (χ1n) is 13.4. The molecule has 2 aromatic heterocycles. The van der Waals surface area contributed by atoms with Crippen molar-refractivity contribution in [3.8, 4) is 17.0 Å². The van der Waals surface area contributed by atoms with Gasteiger partial charge in [0.2, 0.25) is 5.91 Å². The third kappa shape index (κ3) is 5.31. The number of rotatable bonds is 4. The summed E-state index contributed by atoms with van der Waals surface area (Å²) in [6, 6.07) is 10.2. The van der Waals surface area contributed by atoms with Gasteiger partial charge in [0.05, 0.1) is 5.69 Å². The second kappa shape index (κ2) is 11.2. The molecule has 7 nitrogen and oxygen atoms in total. The highest BCUT2D eigenvalue weighted by Gasteiger charge is 2.29. The van der Waals surface area contributed by atoms with E-state index in [0.717, 1.165) is 54.3 Å². The number of phenols is 1. The summed E-state index contributed by atoms with van der Waals surface area (Å²) >= 11 is 0. The summed E-state index contributed by atoms with van der Waals surface area (Å²) in [5.74, 6) is 0.904. The van der Waals surface area contributed by atoms with E-state index in [4.69, 9.17) is 0 Å². The number of nitrogens with one attached hydrogen (secondary N) is 1. The van der Waals surface area contributed by atoms with Gasteiger partial charge in [0, 0.05) is 36.3 Å². The molecular formula is C29H37N5O2. The van der Waals surface area contributed by atoms with Gasteiger partial charge in [0.15, 0.2) is 5.65 Å². The second-order valence-electron chi connectivity index (χ2n) is 10.2. The number of H-pyrrole nitrogens is 1. The van der Waals surface area contributed by atoms with Crippen LogP contribution in [0.4, 0.5) is 0 Å². The number of likely N-dealkylation sites (tertiary alicyclic amines) is 2. The van der Waals surface area contributed by atoms with Gasteiger partial charge in [-0.2, -0.15) is 0 Å². The van der Waals surface area contributed by atoms with Crippen LogP contribution < -0.4 is 0 Å². The van der Waals surface area contributed by atoms with Crippen molar-refractivity contribution in [2.75, 3.05) is 26.2 Å². The Morgan fingerprint density at radius 1 is 1.00 bits per heavy atom. The molecule has 3 aliphatic rings. The third-order valence-electron chi connectivity index (χ3n) is 8.04. The normalized spacial score (nSPS) is 22.4. The predicted octanol–water partition coefficient (Wildman–Crippen LogP) is 5.25. The van der Waals surface area contributed by atoms with Crippen molar-refractivity contribution in [2.24, 2.45) is 0 Å². The molecule has 4 heterocycles. The van der Waals surface area contributed by atoms with Crippen molar-refractivity contribution < 1.29 is 9.90 Å². The Bertz CT molecular complexity index is 1190. The highest BCUT2D eigenvalue weighted by Crippen LogP contribution is 2.39. The van der Waals surface area contributed by atoms with Crippen LogP contribution in [0.15, 0.2) is 49.2 Å². The first-order chi connectivity index (χ1) is 17.6. The largest absolute Gasteiger partial charge is 0.507 e. The zero-order chi connectivity index (χ0) is 24.9. The number of phenolic OH excluding ortho intramolecular Hbond substituents is 1.